The molecule has 2 aromatic carbocycles. The van der Waals surface area contributed by atoms with E-state index in [1.165, 1.54) is 41.5 Å². The van der Waals surface area contributed by atoms with Gasteiger partial charge in [0.05, 0.1) is 6.54 Å². The summed E-state index contributed by atoms with van der Waals surface area (Å²) >= 11 is 0. The first-order valence-electron chi connectivity index (χ1n) is 9.02. The molecule has 0 aliphatic heterocycles. The third-order valence-corrected chi connectivity index (χ3v) is 4.58. The van der Waals surface area contributed by atoms with Gasteiger partial charge in [-0.3, -0.25) is 0 Å². The fourth-order valence-corrected chi connectivity index (χ4v) is 3.44. The number of hydrogen-bond acceptors (Lipinski definition) is 2. The Kier molecular flexibility index (Phi) is 5.71. The van der Waals surface area contributed by atoms with Gasteiger partial charge in [-0.1, -0.05) is 36.4 Å². The molecule has 0 heterocycles. The lowest BCUT2D eigenvalue weighted by Crippen LogP contribution is -2.24. The average molecular weight is 336 g/mol. The molecule has 0 bridgehead atoms. The van der Waals surface area contributed by atoms with Gasteiger partial charge in [-0.25, -0.2) is 4.99 Å². The molecule has 2 aromatic rings. The summed E-state index contributed by atoms with van der Waals surface area (Å²) in [6.07, 6.45) is 4.82. The molecule has 1 aliphatic rings. The smallest absolute Gasteiger partial charge is 0.193 e. The maximum Gasteiger partial charge on any atom is 0.193 e. The van der Waals surface area contributed by atoms with Crippen LogP contribution in [-0.2, 0) is 25.9 Å². The van der Waals surface area contributed by atoms with Crippen LogP contribution in [0, 0.1) is 0 Å². The quantitative estimate of drug-likeness (QED) is 0.648. The third kappa shape index (κ3) is 4.83. The van der Waals surface area contributed by atoms with E-state index in [-0.39, 0.29) is 0 Å². The number of aryl methyl sites for hydroxylation is 1. The summed E-state index contributed by atoms with van der Waals surface area (Å²) < 4.78 is 0. The second-order valence-electron chi connectivity index (χ2n) is 7.03. The molecule has 3 rings (SSSR count). The Balaban J connectivity index is 1.67. The Morgan fingerprint density at radius 3 is 2.68 bits per heavy atom. The SMILES string of the molecule is CN(C)Cc1cccc(CN=C(N)Nc2cccc3c2CCCC3)c1. The molecular formula is C21H28N4. The molecule has 25 heavy (non-hydrogen) atoms. The average Bonchev–Trinajstić information content (AvgIpc) is 2.60. The van der Waals surface area contributed by atoms with Crippen molar-refractivity contribution in [3.8, 4) is 0 Å². The summed E-state index contributed by atoms with van der Waals surface area (Å²) in [4.78, 5) is 6.69. The van der Waals surface area contributed by atoms with Crippen molar-refractivity contribution in [2.45, 2.75) is 38.8 Å². The predicted molar refractivity (Wildman–Crippen MR) is 106 cm³/mol. The van der Waals surface area contributed by atoms with Gasteiger partial charge >= 0.3 is 0 Å². The van der Waals surface area contributed by atoms with Crippen molar-refractivity contribution in [3.05, 3.63) is 64.7 Å². The molecular weight excluding hydrogens is 308 g/mol. The third-order valence-electron chi connectivity index (χ3n) is 4.58. The molecule has 4 heteroatoms. The van der Waals surface area contributed by atoms with E-state index in [0.717, 1.165) is 18.7 Å². The maximum absolute atomic E-state index is 6.14. The van der Waals surface area contributed by atoms with Crippen molar-refractivity contribution in [1.29, 1.82) is 0 Å². The lowest BCUT2D eigenvalue weighted by atomic mass is 9.90. The molecule has 0 radical (unpaired) electrons. The highest BCUT2D eigenvalue weighted by Gasteiger charge is 2.13. The number of hydrogen-bond donors (Lipinski definition) is 2. The van der Waals surface area contributed by atoms with Crippen molar-refractivity contribution >= 4 is 11.6 Å². The zero-order chi connectivity index (χ0) is 17.6. The Labute approximate surface area is 150 Å². The zero-order valence-corrected chi connectivity index (χ0v) is 15.3. The van der Waals surface area contributed by atoms with E-state index in [9.17, 15) is 0 Å². The highest BCUT2D eigenvalue weighted by Crippen LogP contribution is 2.27. The van der Waals surface area contributed by atoms with E-state index in [2.05, 4.69) is 71.8 Å². The number of aliphatic imine (C=N–C) groups is 1. The minimum atomic E-state index is 0.483. The van der Waals surface area contributed by atoms with Gasteiger partial charge in [-0.2, -0.15) is 0 Å². The molecule has 0 aromatic heterocycles. The molecule has 0 spiro atoms. The molecule has 3 N–H and O–H groups in total. The standard InChI is InChI=1S/C21H28N4/c1-25(2)15-17-8-5-7-16(13-17)14-23-21(22)24-20-12-6-10-18-9-3-4-11-19(18)20/h5-8,10,12-13H,3-4,9,11,14-15H2,1-2H3,(H3,22,23,24). The van der Waals surface area contributed by atoms with E-state index in [1.54, 1.807) is 0 Å². The van der Waals surface area contributed by atoms with Gasteiger partial charge in [-0.05, 0) is 68.1 Å². The number of nitrogens with two attached hydrogens (primary N) is 1. The van der Waals surface area contributed by atoms with E-state index in [0.29, 0.717) is 12.5 Å². The lowest BCUT2D eigenvalue weighted by Gasteiger charge is -2.19. The minimum Gasteiger partial charge on any atom is -0.370 e. The lowest BCUT2D eigenvalue weighted by molar-refractivity contribution is 0.402. The van der Waals surface area contributed by atoms with Gasteiger partial charge in [0.15, 0.2) is 5.96 Å². The summed E-state index contributed by atoms with van der Waals surface area (Å²) in [5.74, 6) is 0.483. The van der Waals surface area contributed by atoms with E-state index in [4.69, 9.17) is 5.73 Å². The highest BCUT2D eigenvalue weighted by molar-refractivity contribution is 5.93. The number of guanidine groups is 1. The minimum absolute atomic E-state index is 0.483. The summed E-state index contributed by atoms with van der Waals surface area (Å²) in [7, 11) is 4.15. The summed E-state index contributed by atoms with van der Waals surface area (Å²) in [5.41, 5.74) is 12.6. The predicted octanol–water partition coefficient (Wildman–Crippen LogP) is 3.55. The molecule has 4 nitrogen and oxygen atoms in total. The number of nitrogens with one attached hydrogen (secondary N) is 1. The van der Waals surface area contributed by atoms with Crippen LogP contribution in [0.4, 0.5) is 5.69 Å². The highest BCUT2D eigenvalue weighted by atomic mass is 15.1. The van der Waals surface area contributed by atoms with Crippen LogP contribution in [-0.4, -0.2) is 25.0 Å². The summed E-state index contributed by atoms with van der Waals surface area (Å²) in [5, 5.41) is 3.31. The first kappa shape index (κ1) is 17.5. The van der Waals surface area contributed by atoms with Crippen molar-refractivity contribution < 1.29 is 0 Å². The number of nitrogens with zero attached hydrogens (tertiary/aromatic N) is 2. The first-order chi connectivity index (χ1) is 12.1. The van der Waals surface area contributed by atoms with Crippen LogP contribution in [0.2, 0.25) is 0 Å². The monoisotopic (exact) mass is 336 g/mol. The molecule has 132 valence electrons. The maximum atomic E-state index is 6.14. The topological polar surface area (TPSA) is 53.6 Å². The van der Waals surface area contributed by atoms with Gasteiger partial charge in [-0.15, -0.1) is 0 Å². The largest absolute Gasteiger partial charge is 0.370 e. The van der Waals surface area contributed by atoms with Crippen LogP contribution >= 0.6 is 0 Å². The summed E-state index contributed by atoms with van der Waals surface area (Å²) in [6.45, 7) is 1.52. The van der Waals surface area contributed by atoms with Crippen molar-refractivity contribution in [2.75, 3.05) is 19.4 Å². The van der Waals surface area contributed by atoms with Crippen LogP contribution in [0.25, 0.3) is 0 Å². The fourth-order valence-electron chi connectivity index (χ4n) is 3.44. The van der Waals surface area contributed by atoms with Crippen LogP contribution in [0.3, 0.4) is 0 Å². The Bertz CT molecular complexity index is 749. The van der Waals surface area contributed by atoms with Crippen LogP contribution in [0.5, 0.6) is 0 Å². The normalized spacial score (nSPS) is 14.4. The molecule has 0 saturated carbocycles. The van der Waals surface area contributed by atoms with Gasteiger partial charge in [0.1, 0.15) is 0 Å². The van der Waals surface area contributed by atoms with Crippen molar-refractivity contribution in [1.82, 2.24) is 4.90 Å². The van der Waals surface area contributed by atoms with Gasteiger partial charge < -0.3 is 16.0 Å². The van der Waals surface area contributed by atoms with E-state index in [1.807, 2.05) is 0 Å². The number of rotatable bonds is 5. The van der Waals surface area contributed by atoms with Crippen LogP contribution in [0.15, 0.2) is 47.5 Å². The van der Waals surface area contributed by atoms with Crippen LogP contribution < -0.4 is 11.1 Å². The number of fused-ring (bicyclic) bond motifs is 1. The number of anilines is 1. The van der Waals surface area contributed by atoms with Crippen molar-refractivity contribution in [2.24, 2.45) is 10.7 Å². The zero-order valence-electron chi connectivity index (χ0n) is 15.3. The van der Waals surface area contributed by atoms with E-state index >= 15 is 0 Å². The second kappa shape index (κ2) is 8.17. The molecule has 0 atom stereocenters. The van der Waals surface area contributed by atoms with Gasteiger partial charge in [0.2, 0.25) is 0 Å². The Morgan fingerprint density at radius 2 is 1.84 bits per heavy atom. The summed E-state index contributed by atoms with van der Waals surface area (Å²) in [6, 6.07) is 14.9. The molecule has 0 fully saturated rings. The second-order valence-corrected chi connectivity index (χ2v) is 7.03. The molecule has 0 saturated heterocycles. The van der Waals surface area contributed by atoms with Gasteiger partial charge in [0, 0.05) is 12.2 Å². The van der Waals surface area contributed by atoms with Gasteiger partial charge in [0.25, 0.3) is 0 Å². The van der Waals surface area contributed by atoms with Crippen molar-refractivity contribution in [3.63, 3.8) is 0 Å². The molecule has 0 unspecified atom stereocenters. The number of benzene rings is 2. The first-order valence-corrected chi connectivity index (χ1v) is 9.02. The molecule has 1 aliphatic carbocycles. The fraction of sp³-hybridized carbons (Fsp3) is 0.381. The van der Waals surface area contributed by atoms with E-state index < -0.39 is 0 Å². The van der Waals surface area contributed by atoms with Crippen LogP contribution in [0.1, 0.15) is 35.1 Å². The Morgan fingerprint density at radius 1 is 1.08 bits per heavy atom. The Hall–Kier alpha value is -2.33. The molecule has 0 amide bonds.